The van der Waals surface area contributed by atoms with Gasteiger partial charge in [0.15, 0.2) is 0 Å². The molecule has 0 aliphatic carbocycles. The van der Waals surface area contributed by atoms with Crippen LogP contribution in [-0.4, -0.2) is 22.9 Å². The van der Waals surface area contributed by atoms with Crippen LogP contribution in [0.25, 0.3) is 10.8 Å². The summed E-state index contributed by atoms with van der Waals surface area (Å²) < 4.78 is 0. The summed E-state index contributed by atoms with van der Waals surface area (Å²) in [6.07, 6.45) is 0.116. The Morgan fingerprint density at radius 2 is 1.81 bits per heavy atom. The van der Waals surface area contributed by atoms with Gasteiger partial charge in [-0.05, 0) is 22.9 Å². The van der Waals surface area contributed by atoms with E-state index in [2.05, 4.69) is 0 Å². The van der Waals surface area contributed by atoms with Gasteiger partial charge in [0.25, 0.3) is 0 Å². The highest BCUT2D eigenvalue weighted by Crippen LogP contribution is 2.32. The Morgan fingerprint density at radius 1 is 1.19 bits per heavy atom. The highest BCUT2D eigenvalue weighted by atomic mass is 16.4. The lowest BCUT2D eigenvalue weighted by molar-refractivity contribution is -0.122. The number of anilines is 1. The molecule has 1 aliphatic rings. The maximum atomic E-state index is 12.1. The largest absolute Gasteiger partial charge is 0.478 e. The van der Waals surface area contributed by atoms with E-state index in [4.69, 9.17) is 0 Å². The monoisotopic (exact) mass is 283 g/mol. The van der Waals surface area contributed by atoms with Crippen molar-refractivity contribution in [3.63, 3.8) is 0 Å². The van der Waals surface area contributed by atoms with Gasteiger partial charge in [-0.15, -0.1) is 0 Å². The molecule has 106 valence electrons. The van der Waals surface area contributed by atoms with Crippen LogP contribution >= 0.6 is 0 Å². The topological polar surface area (TPSA) is 74.7 Å². The highest BCUT2D eigenvalue weighted by Gasteiger charge is 2.38. The molecule has 21 heavy (non-hydrogen) atoms. The second-order valence-corrected chi connectivity index (χ2v) is 5.19. The molecule has 0 saturated carbocycles. The van der Waals surface area contributed by atoms with Crippen molar-refractivity contribution in [3.8, 4) is 0 Å². The molecule has 2 aromatic carbocycles. The Morgan fingerprint density at radius 3 is 2.33 bits per heavy atom. The molecule has 0 bridgehead atoms. The molecule has 2 amide bonds. The minimum Gasteiger partial charge on any atom is -0.478 e. The SMILES string of the molecule is CC1CC(=O)N(c2cc3ccccc3cc2C(=O)O)C1=O. The Hall–Kier alpha value is -2.69. The van der Waals surface area contributed by atoms with Crippen LogP contribution in [0.5, 0.6) is 0 Å². The van der Waals surface area contributed by atoms with Crippen LogP contribution in [0.4, 0.5) is 5.69 Å². The van der Waals surface area contributed by atoms with E-state index in [0.29, 0.717) is 0 Å². The smallest absolute Gasteiger partial charge is 0.337 e. The summed E-state index contributed by atoms with van der Waals surface area (Å²) in [6, 6.07) is 10.3. The van der Waals surface area contributed by atoms with Gasteiger partial charge in [0, 0.05) is 12.3 Å². The zero-order chi connectivity index (χ0) is 15.1. The Bertz CT molecular complexity index is 781. The zero-order valence-electron chi connectivity index (χ0n) is 11.4. The highest BCUT2D eigenvalue weighted by molar-refractivity contribution is 6.23. The number of carbonyl (C=O) groups is 3. The summed E-state index contributed by atoms with van der Waals surface area (Å²) >= 11 is 0. The number of benzene rings is 2. The van der Waals surface area contributed by atoms with Crippen LogP contribution in [-0.2, 0) is 9.59 Å². The van der Waals surface area contributed by atoms with E-state index in [1.807, 2.05) is 18.2 Å². The first-order chi connectivity index (χ1) is 9.99. The molecule has 1 atom stereocenters. The first-order valence-corrected chi connectivity index (χ1v) is 6.62. The number of carboxylic acids is 1. The van der Waals surface area contributed by atoms with E-state index >= 15 is 0 Å². The molecule has 1 unspecified atom stereocenters. The first kappa shape index (κ1) is 13.3. The number of amides is 2. The van der Waals surface area contributed by atoms with Crippen LogP contribution in [0, 0.1) is 5.92 Å². The second kappa shape index (κ2) is 4.70. The van der Waals surface area contributed by atoms with E-state index in [-0.39, 0.29) is 29.5 Å². The molecule has 1 saturated heterocycles. The van der Waals surface area contributed by atoms with Crippen LogP contribution in [0.3, 0.4) is 0 Å². The summed E-state index contributed by atoms with van der Waals surface area (Å²) in [6.45, 7) is 1.67. The molecule has 5 heteroatoms. The minimum absolute atomic E-state index is 0.0375. The standard InChI is InChI=1S/C16H13NO4/c1-9-6-14(18)17(15(9)19)13-8-11-5-3-2-4-10(11)7-12(13)16(20)21/h2-5,7-9H,6H2,1H3,(H,20,21). The van der Waals surface area contributed by atoms with Gasteiger partial charge in [-0.1, -0.05) is 31.2 Å². The van der Waals surface area contributed by atoms with Gasteiger partial charge in [-0.2, -0.15) is 0 Å². The van der Waals surface area contributed by atoms with E-state index < -0.39 is 11.9 Å². The molecule has 1 fully saturated rings. The summed E-state index contributed by atoms with van der Waals surface area (Å²) in [5.74, 6) is -2.27. The summed E-state index contributed by atoms with van der Waals surface area (Å²) in [7, 11) is 0. The Kier molecular flexibility index (Phi) is 2.97. The molecule has 5 nitrogen and oxygen atoms in total. The lowest BCUT2D eigenvalue weighted by atomic mass is 10.0. The third-order valence-electron chi connectivity index (χ3n) is 3.71. The van der Waals surface area contributed by atoms with Crippen molar-refractivity contribution in [3.05, 3.63) is 42.0 Å². The number of rotatable bonds is 2. The average molecular weight is 283 g/mol. The van der Waals surface area contributed by atoms with Crippen molar-refractivity contribution in [1.29, 1.82) is 0 Å². The molecule has 0 radical (unpaired) electrons. The fourth-order valence-electron chi connectivity index (χ4n) is 2.62. The van der Waals surface area contributed by atoms with Gasteiger partial charge in [-0.3, -0.25) is 9.59 Å². The van der Waals surface area contributed by atoms with E-state index in [1.54, 1.807) is 19.1 Å². The number of carbonyl (C=O) groups excluding carboxylic acids is 2. The van der Waals surface area contributed by atoms with Crippen molar-refractivity contribution in [2.24, 2.45) is 5.92 Å². The second-order valence-electron chi connectivity index (χ2n) is 5.19. The van der Waals surface area contributed by atoms with Gasteiger partial charge < -0.3 is 5.11 Å². The number of imide groups is 1. The van der Waals surface area contributed by atoms with Crippen LogP contribution in [0.2, 0.25) is 0 Å². The molecule has 1 aliphatic heterocycles. The molecule has 2 aromatic rings. The van der Waals surface area contributed by atoms with E-state index in [0.717, 1.165) is 15.7 Å². The average Bonchev–Trinajstić information content (AvgIpc) is 2.70. The third-order valence-corrected chi connectivity index (χ3v) is 3.71. The fourth-order valence-corrected chi connectivity index (χ4v) is 2.62. The van der Waals surface area contributed by atoms with Crippen LogP contribution < -0.4 is 4.90 Å². The maximum Gasteiger partial charge on any atom is 0.337 e. The number of aromatic carboxylic acids is 1. The summed E-state index contributed by atoms with van der Waals surface area (Å²) in [5, 5.41) is 10.9. The van der Waals surface area contributed by atoms with Gasteiger partial charge in [0.05, 0.1) is 11.3 Å². The van der Waals surface area contributed by atoms with Gasteiger partial charge >= 0.3 is 5.97 Å². The summed E-state index contributed by atoms with van der Waals surface area (Å²) in [4.78, 5) is 36.6. The normalized spacial score (nSPS) is 18.5. The molecule has 1 N–H and O–H groups in total. The molecule has 1 heterocycles. The zero-order valence-corrected chi connectivity index (χ0v) is 11.4. The Labute approximate surface area is 120 Å². The molecule has 0 spiro atoms. The molecule has 0 aromatic heterocycles. The number of fused-ring (bicyclic) bond motifs is 1. The lowest BCUT2D eigenvalue weighted by Gasteiger charge is -2.18. The van der Waals surface area contributed by atoms with E-state index in [1.165, 1.54) is 6.07 Å². The quantitative estimate of drug-likeness (QED) is 0.859. The Balaban J connectivity index is 2.25. The first-order valence-electron chi connectivity index (χ1n) is 6.62. The predicted octanol–water partition coefficient (Wildman–Crippen LogP) is 2.44. The third kappa shape index (κ3) is 2.07. The van der Waals surface area contributed by atoms with Crippen molar-refractivity contribution < 1.29 is 19.5 Å². The predicted molar refractivity (Wildman–Crippen MR) is 77.2 cm³/mol. The number of carboxylic acid groups (broad SMARTS) is 1. The fraction of sp³-hybridized carbons (Fsp3) is 0.188. The number of hydrogen-bond donors (Lipinski definition) is 1. The lowest BCUT2D eigenvalue weighted by Crippen LogP contribution is -2.31. The molecular formula is C16H13NO4. The minimum atomic E-state index is -1.16. The van der Waals surface area contributed by atoms with Crippen molar-refractivity contribution in [2.45, 2.75) is 13.3 Å². The van der Waals surface area contributed by atoms with Gasteiger partial charge in [0.1, 0.15) is 0 Å². The van der Waals surface area contributed by atoms with Crippen molar-refractivity contribution >= 4 is 34.2 Å². The maximum absolute atomic E-state index is 12.1. The van der Waals surface area contributed by atoms with Crippen LogP contribution in [0.15, 0.2) is 36.4 Å². The van der Waals surface area contributed by atoms with Crippen molar-refractivity contribution in [1.82, 2.24) is 0 Å². The molecular weight excluding hydrogens is 270 g/mol. The number of nitrogens with zero attached hydrogens (tertiary/aromatic N) is 1. The van der Waals surface area contributed by atoms with E-state index in [9.17, 15) is 19.5 Å². The van der Waals surface area contributed by atoms with Gasteiger partial charge in [0.2, 0.25) is 11.8 Å². The number of hydrogen-bond acceptors (Lipinski definition) is 3. The molecule has 3 rings (SSSR count). The van der Waals surface area contributed by atoms with Gasteiger partial charge in [-0.25, -0.2) is 9.69 Å². The van der Waals surface area contributed by atoms with Crippen LogP contribution in [0.1, 0.15) is 23.7 Å². The van der Waals surface area contributed by atoms with Crippen molar-refractivity contribution in [2.75, 3.05) is 4.90 Å². The summed E-state index contributed by atoms with van der Waals surface area (Å²) in [5.41, 5.74) is 0.116.